The van der Waals surface area contributed by atoms with Gasteiger partial charge in [0.15, 0.2) is 11.6 Å². The molecule has 2 aromatic rings. The van der Waals surface area contributed by atoms with E-state index in [1.807, 2.05) is 0 Å². The van der Waals surface area contributed by atoms with Crippen LogP contribution in [-0.2, 0) is 0 Å². The average Bonchev–Trinajstić information content (AvgIpc) is 2.35. The maximum absolute atomic E-state index is 12.3. The van der Waals surface area contributed by atoms with Gasteiger partial charge in [-0.1, -0.05) is 35.9 Å². The number of hydrogen-bond acceptors (Lipinski definition) is 3. The topological polar surface area (TPSA) is 54.4 Å². The van der Waals surface area contributed by atoms with E-state index in [0.29, 0.717) is 0 Å². The third-order valence-electron chi connectivity index (χ3n) is 3.00. The molecule has 18 heavy (non-hydrogen) atoms. The van der Waals surface area contributed by atoms with Gasteiger partial charge in [-0.25, -0.2) is 0 Å². The second kappa shape index (κ2) is 3.68. The summed E-state index contributed by atoms with van der Waals surface area (Å²) in [5.74, 6) is -0.905. The Kier molecular flexibility index (Phi) is 2.25. The Morgan fingerprint density at radius 2 is 1.44 bits per heavy atom. The number of aromatic hydroxyl groups is 1. The highest BCUT2D eigenvalue weighted by molar-refractivity contribution is 6.39. The van der Waals surface area contributed by atoms with Crippen molar-refractivity contribution >= 4 is 23.2 Å². The summed E-state index contributed by atoms with van der Waals surface area (Å²) in [4.78, 5) is 24.5. The lowest BCUT2D eigenvalue weighted by atomic mass is 9.83. The van der Waals surface area contributed by atoms with Crippen LogP contribution in [0, 0.1) is 0 Å². The average molecular weight is 259 g/mol. The van der Waals surface area contributed by atoms with Gasteiger partial charge in [0.1, 0.15) is 5.75 Å². The summed E-state index contributed by atoms with van der Waals surface area (Å²) < 4.78 is 0. The molecule has 1 N–H and O–H groups in total. The van der Waals surface area contributed by atoms with Crippen LogP contribution in [-0.4, -0.2) is 16.7 Å². The molecular weight excluding hydrogens is 252 g/mol. The van der Waals surface area contributed by atoms with E-state index in [1.54, 1.807) is 18.2 Å². The zero-order valence-corrected chi connectivity index (χ0v) is 9.86. The van der Waals surface area contributed by atoms with Crippen LogP contribution in [0.2, 0.25) is 5.02 Å². The molecule has 0 saturated carbocycles. The summed E-state index contributed by atoms with van der Waals surface area (Å²) >= 11 is 5.97. The van der Waals surface area contributed by atoms with Gasteiger partial charge in [0, 0.05) is 11.1 Å². The minimum Gasteiger partial charge on any atom is -0.507 e. The molecule has 0 saturated heterocycles. The molecule has 1 aliphatic rings. The maximum Gasteiger partial charge on any atom is 0.199 e. The third kappa shape index (κ3) is 1.31. The zero-order valence-electron chi connectivity index (χ0n) is 9.11. The van der Waals surface area contributed by atoms with E-state index in [1.165, 1.54) is 18.2 Å². The number of phenolic OH excluding ortho intramolecular Hbond substituents is 1. The van der Waals surface area contributed by atoms with Crippen LogP contribution in [0.25, 0.3) is 0 Å². The normalized spacial score (nSPS) is 13.2. The van der Waals surface area contributed by atoms with Crippen LogP contribution >= 0.6 is 11.6 Å². The van der Waals surface area contributed by atoms with Crippen LogP contribution in [0.1, 0.15) is 31.8 Å². The number of fused-ring (bicyclic) bond motifs is 2. The van der Waals surface area contributed by atoms with Crippen molar-refractivity contribution in [1.82, 2.24) is 0 Å². The summed E-state index contributed by atoms with van der Waals surface area (Å²) in [6.07, 6.45) is 0. The Balaban J connectivity index is 2.40. The molecule has 0 spiro atoms. The first kappa shape index (κ1) is 11.0. The van der Waals surface area contributed by atoms with Crippen molar-refractivity contribution in [3.05, 3.63) is 63.7 Å². The molecule has 0 aromatic heterocycles. The fourth-order valence-corrected chi connectivity index (χ4v) is 2.44. The lowest BCUT2D eigenvalue weighted by Crippen LogP contribution is -2.21. The molecule has 2 aromatic carbocycles. The van der Waals surface area contributed by atoms with Crippen molar-refractivity contribution in [2.45, 2.75) is 0 Å². The van der Waals surface area contributed by atoms with E-state index < -0.39 is 5.78 Å². The van der Waals surface area contributed by atoms with Gasteiger partial charge < -0.3 is 5.11 Å². The smallest absolute Gasteiger partial charge is 0.199 e. The lowest BCUT2D eigenvalue weighted by molar-refractivity contribution is 0.0977. The SMILES string of the molecule is O=C1c2cccc(O)c2C(=O)c2c(Cl)cccc21. The molecule has 1 aliphatic carbocycles. The Hall–Kier alpha value is -2.13. The molecule has 0 radical (unpaired) electrons. The van der Waals surface area contributed by atoms with Gasteiger partial charge in [-0.05, 0) is 12.1 Å². The van der Waals surface area contributed by atoms with E-state index >= 15 is 0 Å². The summed E-state index contributed by atoms with van der Waals surface area (Å²) in [7, 11) is 0. The van der Waals surface area contributed by atoms with Gasteiger partial charge in [0.25, 0.3) is 0 Å². The van der Waals surface area contributed by atoms with Crippen molar-refractivity contribution < 1.29 is 14.7 Å². The highest BCUT2D eigenvalue weighted by atomic mass is 35.5. The summed E-state index contributed by atoms with van der Waals surface area (Å²) in [5.41, 5.74) is 0.696. The van der Waals surface area contributed by atoms with Crippen LogP contribution in [0.4, 0.5) is 0 Å². The van der Waals surface area contributed by atoms with Gasteiger partial charge in [0.05, 0.1) is 16.1 Å². The molecule has 0 bridgehead atoms. The minimum absolute atomic E-state index is 0.0306. The summed E-state index contributed by atoms with van der Waals surface area (Å²) in [6, 6.07) is 9.19. The molecule has 88 valence electrons. The lowest BCUT2D eigenvalue weighted by Gasteiger charge is -2.18. The molecule has 3 nitrogen and oxygen atoms in total. The molecular formula is C14H7ClO3. The van der Waals surface area contributed by atoms with Crippen LogP contribution in [0.5, 0.6) is 5.75 Å². The predicted molar refractivity (Wildman–Crippen MR) is 66.4 cm³/mol. The number of hydrogen-bond donors (Lipinski definition) is 1. The number of halogens is 1. The fourth-order valence-electron chi connectivity index (χ4n) is 2.18. The summed E-state index contributed by atoms with van der Waals surface area (Å²) in [6.45, 7) is 0. The third-order valence-corrected chi connectivity index (χ3v) is 3.31. The number of carbonyl (C=O) groups is 2. The monoisotopic (exact) mass is 258 g/mol. The van der Waals surface area contributed by atoms with Crippen LogP contribution in [0.3, 0.4) is 0 Å². The first-order valence-electron chi connectivity index (χ1n) is 5.31. The first-order valence-corrected chi connectivity index (χ1v) is 5.69. The van der Waals surface area contributed by atoms with E-state index in [4.69, 9.17) is 11.6 Å². The Labute approximate surface area is 108 Å². The number of phenols is 1. The molecule has 0 unspecified atom stereocenters. The van der Waals surface area contributed by atoms with Gasteiger partial charge in [0.2, 0.25) is 0 Å². The molecule has 0 heterocycles. The second-order valence-electron chi connectivity index (χ2n) is 4.02. The molecule has 0 fully saturated rings. The molecule has 0 amide bonds. The second-order valence-corrected chi connectivity index (χ2v) is 4.43. The highest BCUT2D eigenvalue weighted by Gasteiger charge is 2.33. The largest absolute Gasteiger partial charge is 0.507 e. The van der Waals surface area contributed by atoms with Gasteiger partial charge in [-0.3, -0.25) is 9.59 Å². The molecule has 0 atom stereocenters. The Bertz CT molecular complexity index is 647. The summed E-state index contributed by atoms with van der Waals surface area (Å²) in [5, 5.41) is 9.97. The van der Waals surface area contributed by atoms with Crippen molar-refractivity contribution in [2.24, 2.45) is 0 Å². The zero-order chi connectivity index (χ0) is 12.9. The number of ketones is 2. The maximum atomic E-state index is 12.3. The van der Waals surface area contributed by atoms with Crippen molar-refractivity contribution in [3.8, 4) is 5.75 Å². The number of benzene rings is 2. The van der Waals surface area contributed by atoms with E-state index in [0.717, 1.165) is 0 Å². The van der Waals surface area contributed by atoms with E-state index in [9.17, 15) is 14.7 Å². The van der Waals surface area contributed by atoms with Crippen molar-refractivity contribution in [2.75, 3.05) is 0 Å². The van der Waals surface area contributed by atoms with Crippen molar-refractivity contribution in [1.29, 1.82) is 0 Å². The van der Waals surface area contributed by atoms with Crippen LogP contribution in [0.15, 0.2) is 36.4 Å². The van der Waals surface area contributed by atoms with E-state index in [2.05, 4.69) is 0 Å². The van der Waals surface area contributed by atoms with E-state index in [-0.39, 0.29) is 38.8 Å². The van der Waals surface area contributed by atoms with Gasteiger partial charge in [-0.2, -0.15) is 0 Å². The fraction of sp³-hybridized carbons (Fsp3) is 0. The standard InChI is InChI=1S/C14H7ClO3/c15-9-5-1-3-7-11(9)14(18)12-8(13(7)17)4-2-6-10(12)16/h1-6,16H. The first-order chi connectivity index (χ1) is 8.61. The Morgan fingerprint density at radius 1 is 0.833 bits per heavy atom. The number of carbonyl (C=O) groups excluding carboxylic acids is 2. The highest BCUT2D eigenvalue weighted by Crippen LogP contribution is 2.35. The molecule has 3 rings (SSSR count). The molecule has 4 heteroatoms. The molecule has 0 aliphatic heterocycles. The Morgan fingerprint density at radius 3 is 2.17 bits per heavy atom. The van der Waals surface area contributed by atoms with Crippen molar-refractivity contribution in [3.63, 3.8) is 0 Å². The van der Waals surface area contributed by atoms with Gasteiger partial charge in [-0.15, -0.1) is 0 Å². The minimum atomic E-state index is -0.414. The predicted octanol–water partition coefficient (Wildman–Crippen LogP) is 2.82. The van der Waals surface area contributed by atoms with Gasteiger partial charge >= 0.3 is 0 Å². The quantitative estimate of drug-likeness (QED) is 0.675. The number of rotatable bonds is 0. The van der Waals surface area contributed by atoms with Crippen LogP contribution < -0.4 is 0 Å².